The van der Waals surface area contributed by atoms with E-state index in [2.05, 4.69) is 5.32 Å². The molecule has 0 saturated carbocycles. The van der Waals surface area contributed by atoms with Crippen molar-refractivity contribution in [1.82, 2.24) is 10.2 Å². The van der Waals surface area contributed by atoms with Crippen LogP contribution in [0.5, 0.6) is 11.5 Å². The van der Waals surface area contributed by atoms with Gasteiger partial charge in [0.05, 0.1) is 14.2 Å². The molecule has 1 aliphatic rings. The van der Waals surface area contributed by atoms with Gasteiger partial charge in [0, 0.05) is 36.8 Å². The Labute approximate surface area is 171 Å². The minimum atomic E-state index is -0.0674. The summed E-state index contributed by atoms with van der Waals surface area (Å²) in [5.41, 5.74) is 1.49. The quantitative estimate of drug-likeness (QED) is 0.765. The highest BCUT2D eigenvalue weighted by molar-refractivity contribution is 5.94. The number of ether oxygens (including phenoxy) is 2. The van der Waals surface area contributed by atoms with Gasteiger partial charge in [0.25, 0.3) is 5.91 Å². The molecule has 1 heterocycles. The number of likely N-dealkylation sites (tertiary alicyclic amines) is 1. The summed E-state index contributed by atoms with van der Waals surface area (Å²) in [4.78, 5) is 26.6. The van der Waals surface area contributed by atoms with E-state index in [0.717, 1.165) is 18.4 Å². The van der Waals surface area contributed by atoms with Crippen molar-refractivity contribution in [3.63, 3.8) is 0 Å². The summed E-state index contributed by atoms with van der Waals surface area (Å²) in [6.07, 6.45) is 4.81. The van der Waals surface area contributed by atoms with Gasteiger partial charge in [-0.25, -0.2) is 0 Å². The first-order valence-electron chi connectivity index (χ1n) is 9.65. The highest BCUT2D eigenvalue weighted by Gasteiger charge is 2.23. The summed E-state index contributed by atoms with van der Waals surface area (Å²) in [5.74, 6) is 1.24. The number of piperidine rings is 1. The number of carbonyl (C=O) groups excluding carboxylic acids is 2. The Bertz CT molecular complexity index is 849. The molecule has 3 rings (SSSR count). The highest BCUT2D eigenvalue weighted by Crippen LogP contribution is 2.23. The summed E-state index contributed by atoms with van der Waals surface area (Å²) >= 11 is 0. The van der Waals surface area contributed by atoms with E-state index in [4.69, 9.17) is 9.47 Å². The molecule has 0 aromatic heterocycles. The number of hydrogen-bond acceptors (Lipinski definition) is 4. The van der Waals surface area contributed by atoms with E-state index < -0.39 is 0 Å². The van der Waals surface area contributed by atoms with Gasteiger partial charge in [-0.15, -0.1) is 0 Å². The van der Waals surface area contributed by atoms with Crippen molar-refractivity contribution in [2.45, 2.75) is 18.9 Å². The van der Waals surface area contributed by atoms with Crippen molar-refractivity contribution in [1.29, 1.82) is 0 Å². The van der Waals surface area contributed by atoms with Gasteiger partial charge in [-0.05, 0) is 48.7 Å². The summed E-state index contributed by atoms with van der Waals surface area (Å²) in [5, 5.41) is 3.06. The van der Waals surface area contributed by atoms with Gasteiger partial charge in [0.1, 0.15) is 11.5 Å². The van der Waals surface area contributed by atoms with Crippen LogP contribution >= 0.6 is 0 Å². The fourth-order valence-corrected chi connectivity index (χ4v) is 3.30. The number of carbonyl (C=O) groups is 2. The molecule has 2 aromatic rings. The van der Waals surface area contributed by atoms with Crippen LogP contribution in [0.1, 0.15) is 28.8 Å². The summed E-state index contributed by atoms with van der Waals surface area (Å²) < 4.78 is 10.5. The lowest BCUT2D eigenvalue weighted by Gasteiger charge is -2.31. The monoisotopic (exact) mass is 394 g/mol. The van der Waals surface area contributed by atoms with Crippen molar-refractivity contribution >= 4 is 17.9 Å². The van der Waals surface area contributed by atoms with Gasteiger partial charge in [-0.1, -0.05) is 18.2 Å². The van der Waals surface area contributed by atoms with Gasteiger partial charge in [0.2, 0.25) is 5.91 Å². The third-order valence-corrected chi connectivity index (χ3v) is 4.97. The van der Waals surface area contributed by atoms with Crippen LogP contribution in [-0.4, -0.2) is 50.1 Å². The Morgan fingerprint density at radius 2 is 1.62 bits per heavy atom. The summed E-state index contributed by atoms with van der Waals surface area (Å²) in [6, 6.07) is 14.7. The fraction of sp³-hybridized carbons (Fsp3) is 0.304. The summed E-state index contributed by atoms with van der Waals surface area (Å²) in [7, 11) is 3.18. The van der Waals surface area contributed by atoms with Gasteiger partial charge in [-0.2, -0.15) is 0 Å². The first-order chi connectivity index (χ1) is 14.1. The highest BCUT2D eigenvalue weighted by atomic mass is 16.5. The number of nitrogens with one attached hydrogen (secondary N) is 1. The van der Waals surface area contributed by atoms with E-state index in [0.29, 0.717) is 30.2 Å². The molecule has 1 aliphatic heterocycles. The fourth-order valence-electron chi connectivity index (χ4n) is 3.30. The first kappa shape index (κ1) is 20.5. The topological polar surface area (TPSA) is 67.9 Å². The second-order valence-electron chi connectivity index (χ2n) is 6.92. The second-order valence-corrected chi connectivity index (χ2v) is 6.92. The van der Waals surface area contributed by atoms with Crippen LogP contribution in [0.4, 0.5) is 0 Å². The Morgan fingerprint density at radius 3 is 2.21 bits per heavy atom. The van der Waals surface area contributed by atoms with Crippen LogP contribution in [0, 0.1) is 0 Å². The van der Waals surface area contributed by atoms with Gasteiger partial charge in [0.15, 0.2) is 0 Å². The minimum absolute atomic E-state index is 0.0420. The van der Waals surface area contributed by atoms with Crippen molar-refractivity contribution in [3.8, 4) is 11.5 Å². The molecule has 0 bridgehead atoms. The maximum absolute atomic E-state index is 12.5. The minimum Gasteiger partial charge on any atom is -0.497 e. The van der Waals surface area contributed by atoms with Gasteiger partial charge in [-0.3, -0.25) is 9.59 Å². The van der Waals surface area contributed by atoms with Crippen LogP contribution in [-0.2, 0) is 4.79 Å². The maximum Gasteiger partial charge on any atom is 0.251 e. The molecular weight excluding hydrogens is 368 g/mol. The van der Waals surface area contributed by atoms with Crippen molar-refractivity contribution in [3.05, 3.63) is 65.7 Å². The lowest BCUT2D eigenvalue weighted by molar-refractivity contribution is -0.126. The lowest BCUT2D eigenvalue weighted by atomic mass is 10.0. The zero-order valence-corrected chi connectivity index (χ0v) is 16.8. The zero-order chi connectivity index (χ0) is 20.6. The molecule has 0 aliphatic carbocycles. The smallest absolute Gasteiger partial charge is 0.251 e. The average molecular weight is 394 g/mol. The van der Waals surface area contributed by atoms with E-state index in [1.807, 2.05) is 30.3 Å². The molecule has 0 unspecified atom stereocenters. The standard InChI is InChI=1S/C23H26N2O4/c1-28-20-14-17(15-21(16-20)29-2)8-9-22(26)25-12-10-19(11-13-25)24-23(27)18-6-4-3-5-7-18/h3-9,14-16,19H,10-13H2,1-2H3,(H,24,27)/b9-8+. The molecule has 2 aromatic carbocycles. The second kappa shape index (κ2) is 9.78. The normalized spacial score (nSPS) is 14.6. The van der Waals surface area contributed by atoms with E-state index in [-0.39, 0.29) is 17.9 Å². The zero-order valence-electron chi connectivity index (χ0n) is 16.8. The molecule has 0 spiro atoms. The third-order valence-electron chi connectivity index (χ3n) is 4.97. The number of rotatable bonds is 6. The molecule has 2 amide bonds. The van der Waals surface area contributed by atoms with Crippen LogP contribution in [0.3, 0.4) is 0 Å². The lowest BCUT2D eigenvalue weighted by Crippen LogP contribution is -2.46. The molecule has 1 fully saturated rings. The van der Waals surface area contributed by atoms with E-state index in [1.165, 1.54) is 0 Å². The van der Waals surface area contributed by atoms with Crippen LogP contribution in [0.25, 0.3) is 6.08 Å². The average Bonchev–Trinajstić information content (AvgIpc) is 2.78. The first-order valence-corrected chi connectivity index (χ1v) is 9.65. The van der Waals surface area contributed by atoms with Gasteiger partial charge >= 0.3 is 0 Å². The van der Waals surface area contributed by atoms with Crippen molar-refractivity contribution in [2.24, 2.45) is 0 Å². The Balaban J connectivity index is 1.52. The van der Waals surface area contributed by atoms with E-state index in [1.54, 1.807) is 49.5 Å². The molecular formula is C23H26N2O4. The number of amides is 2. The largest absolute Gasteiger partial charge is 0.497 e. The predicted molar refractivity (Wildman–Crippen MR) is 112 cm³/mol. The van der Waals surface area contributed by atoms with Crippen molar-refractivity contribution < 1.29 is 19.1 Å². The van der Waals surface area contributed by atoms with Crippen LogP contribution in [0.2, 0.25) is 0 Å². The molecule has 0 radical (unpaired) electrons. The molecule has 1 saturated heterocycles. The Kier molecular flexibility index (Phi) is 6.89. The SMILES string of the molecule is COc1cc(/C=C/C(=O)N2CCC(NC(=O)c3ccccc3)CC2)cc(OC)c1. The number of nitrogens with zero attached hydrogens (tertiary/aromatic N) is 1. The van der Waals surface area contributed by atoms with E-state index in [9.17, 15) is 9.59 Å². The van der Waals surface area contributed by atoms with E-state index >= 15 is 0 Å². The Hall–Kier alpha value is -3.28. The van der Waals surface area contributed by atoms with Gasteiger partial charge < -0.3 is 19.7 Å². The third kappa shape index (κ3) is 5.60. The molecule has 0 atom stereocenters. The number of benzene rings is 2. The van der Waals surface area contributed by atoms with Crippen molar-refractivity contribution in [2.75, 3.05) is 27.3 Å². The number of hydrogen-bond donors (Lipinski definition) is 1. The number of methoxy groups -OCH3 is 2. The Morgan fingerprint density at radius 1 is 1.00 bits per heavy atom. The molecule has 6 heteroatoms. The molecule has 29 heavy (non-hydrogen) atoms. The molecule has 6 nitrogen and oxygen atoms in total. The predicted octanol–water partition coefficient (Wildman–Crippen LogP) is 3.14. The maximum atomic E-state index is 12.5. The molecule has 152 valence electrons. The molecule has 1 N–H and O–H groups in total. The van der Waals surface area contributed by atoms with Crippen LogP contribution < -0.4 is 14.8 Å². The van der Waals surface area contributed by atoms with Crippen LogP contribution in [0.15, 0.2) is 54.6 Å². The summed E-state index contributed by atoms with van der Waals surface area (Å²) in [6.45, 7) is 1.23.